The van der Waals surface area contributed by atoms with Gasteiger partial charge in [0.1, 0.15) is 6.10 Å². The molecule has 0 N–H and O–H groups in total. The van der Waals surface area contributed by atoms with Gasteiger partial charge in [0.15, 0.2) is 16.6 Å². The van der Waals surface area contributed by atoms with Crippen molar-refractivity contribution >= 4 is 22.6 Å². The predicted octanol–water partition coefficient (Wildman–Crippen LogP) is 5.37. The summed E-state index contributed by atoms with van der Waals surface area (Å²) in [5, 5.41) is 3.60. The van der Waals surface area contributed by atoms with Gasteiger partial charge in [0.05, 0.1) is 19.3 Å². The second-order valence-corrected chi connectivity index (χ2v) is 20.4. The van der Waals surface area contributed by atoms with Gasteiger partial charge in [0.25, 0.3) is 5.72 Å². The molecule has 1 heterocycles. The predicted molar refractivity (Wildman–Crippen MR) is 119 cm³/mol. The Morgan fingerprint density at radius 3 is 1.86 bits per heavy atom. The lowest BCUT2D eigenvalue weighted by molar-refractivity contribution is -0.173. The minimum absolute atomic E-state index is 0.0523. The van der Waals surface area contributed by atoms with E-state index in [0.717, 1.165) is 0 Å². The van der Waals surface area contributed by atoms with Crippen LogP contribution in [0.4, 0.5) is 0 Å². The average Bonchev–Trinajstić information content (AvgIpc) is 2.77. The highest BCUT2D eigenvalue weighted by atomic mass is 28.4. The number of nitrogens with zero attached hydrogens (tertiary/aromatic N) is 3. The van der Waals surface area contributed by atoms with Gasteiger partial charge < -0.3 is 18.3 Å². The first kappa shape index (κ1) is 26.1. The molecule has 1 saturated heterocycles. The molecule has 1 aliphatic heterocycles. The van der Waals surface area contributed by atoms with Crippen molar-refractivity contribution < 1.29 is 23.1 Å². The molecule has 0 saturated carbocycles. The van der Waals surface area contributed by atoms with Gasteiger partial charge in [0, 0.05) is 4.91 Å². The zero-order chi connectivity index (χ0) is 23.1. The number of methoxy groups -OCH3 is 1. The largest absolute Gasteiger partial charge is 0.467 e. The SMILES string of the molecule is COC(=O)[C@]1(N=[N+]=[N-])O[C@@H](C)[C@H](O[Si](C)(C)C(C)(C)C)[C@H]1O[Si](C)(C)C(C)(C)C. The van der Waals surface area contributed by atoms with E-state index in [0.29, 0.717) is 0 Å². The highest BCUT2D eigenvalue weighted by Crippen LogP contribution is 2.47. The van der Waals surface area contributed by atoms with E-state index in [-0.39, 0.29) is 10.1 Å². The van der Waals surface area contributed by atoms with Crippen LogP contribution in [0, 0.1) is 0 Å². The summed E-state index contributed by atoms with van der Waals surface area (Å²) in [6, 6.07) is 0. The van der Waals surface area contributed by atoms with Gasteiger partial charge in [-0.15, -0.1) is 0 Å². The van der Waals surface area contributed by atoms with Crippen molar-refractivity contribution in [3.8, 4) is 0 Å². The van der Waals surface area contributed by atoms with Crippen LogP contribution in [0.2, 0.25) is 36.3 Å². The minimum atomic E-state index is -2.37. The molecule has 0 aliphatic carbocycles. The summed E-state index contributed by atoms with van der Waals surface area (Å²) in [4.78, 5) is 15.7. The van der Waals surface area contributed by atoms with E-state index in [4.69, 9.17) is 18.3 Å². The van der Waals surface area contributed by atoms with Crippen LogP contribution in [-0.2, 0) is 23.1 Å². The summed E-state index contributed by atoms with van der Waals surface area (Å²) in [7, 11) is -3.36. The van der Waals surface area contributed by atoms with Gasteiger partial charge >= 0.3 is 5.97 Å². The van der Waals surface area contributed by atoms with Crippen LogP contribution in [0.25, 0.3) is 10.4 Å². The van der Waals surface area contributed by atoms with Crippen LogP contribution < -0.4 is 0 Å². The van der Waals surface area contributed by atoms with Crippen LogP contribution in [0.3, 0.4) is 0 Å². The smallest absolute Gasteiger partial charge is 0.347 e. The summed E-state index contributed by atoms with van der Waals surface area (Å²) in [6.07, 6.45) is -1.96. The molecular weight excluding hydrogens is 406 g/mol. The number of hydrogen-bond acceptors (Lipinski definition) is 6. The highest BCUT2D eigenvalue weighted by Gasteiger charge is 2.63. The lowest BCUT2D eigenvalue weighted by Crippen LogP contribution is -2.58. The molecule has 0 bridgehead atoms. The normalized spacial score (nSPS) is 28.8. The zero-order valence-electron chi connectivity index (χ0n) is 20.1. The Morgan fingerprint density at radius 1 is 1.03 bits per heavy atom. The molecule has 168 valence electrons. The molecular formula is C19H39N3O5Si2. The Kier molecular flexibility index (Phi) is 7.49. The Labute approximate surface area is 177 Å². The molecule has 0 amide bonds. The first-order valence-electron chi connectivity index (χ1n) is 10.0. The summed E-state index contributed by atoms with van der Waals surface area (Å²) in [6.45, 7) is 23.0. The van der Waals surface area contributed by atoms with Crippen molar-refractivity contribution in [1.82, 2.24) is 0 Å². The fraction of sp³-hybridized carbons (Fsp3) is 0.947. The first-order valence-corrected chi connectivity index (χ1v) is 15.9. The minimum Gasteiger partial charge on any atom is -0.467 e. The number of rotatable bonds is 6. The van der Waals surface area contributed by atoms with E-state index in [1.54, 1.807) is 0 Å². The van der Waals surface area contributed by atoms with E-state index >= 15 is 0 Å². The van der Waals surface area contributed by atoms with E-state index in [9.17, 15) is 10.3 Å². The maximum absolute atomic E-state index is 12.8. The summed E-state index contributed by atoms with van der Waals surface area (Å²) in [5.41, 5.74) is 7.33. The second-order valence-electron chi connectivity index (χ2n) is 10.8. The highest BCUT2D eigenvalue weighted by molar-refractivity contribution is 6.74. The van der Waals surface area contributed by atoms with Crippen LogP contribution in [0.1, 0.15) is 48.5 Å². The average molecular weight is 446 g/mol. The molecule has 8 nitrogen and oxygen atoms in total. The number of carbonyl (C=O) groups excluding carboxylic acids is 1. The number of carbonyl (C=O) groups is 1. The van der Waals surface area contributed by atoms with E-state index in [1.165, 1.54) is 7.11 Å². The van der Waals surface area contributed by atoms with Gasteiger partial charge in [-0.2, -0.15) is 0 Å². The van der Waals surface area contributed by atoms with Gasteiger partial charge in [-0.1, -0.05) is 41.5 Å². The summed E-state index contributed by atoms with van der Waals surface area (Å²) < 4.78 is 24.3. The van der Waals surface area contributed by atoms with Crippen molar-refractivity contribution in [2.24, 2.45) is 5.11 Å². The molecule has 0 radical (unpaired) electrons. The maximum Gasteiger partial charge on any atom is 0.347 e. The third-order valence-electron chi connectivity index (χ3n) is 6.65. The maximum atomic E-state index is 12.8. The van der Waals surface area contributed by atoms with E-state index in [2.05, 4.69) is 77.8 Å². The van der Waals surface area contributed by atoms with Crippen molar-refractivity contribution in [3.63, 3.8) is 0 Å². The summed E-state index contributed by atoms with van der Waals surface area (Å²) >= 11 is 0. The van der Waals surface area contributed by atoms with Gasteiger partial charge in [-0.25, -0.2) is 4.79 Å². The molecule has 10 heteroatoms. The number of esters is 1. The van der Waals surface area contributed by atoms with E-state index in [1.807, 2.05) is 6.92 Å². The molecule has 0 aromatic carbocycles. The van der Waals surface area contributed by atoms with Crippen molar-refractivity contribution in [3.05, 3.63) is 10.4 Å². The number of hydrogen-bond donors (Lipinski definition) is 0. The van der Waals surface area contributed by atoms with Crippen LogP contribution in [-0.4, -0.2) is 53.8 Å². The molecule has 1 fully saturated rings. The van der Waals surface area contributed by atoms with Crippen LogP contribution in [0.15, 0.2) is 5.11 Å². The Bertz CT molecular complexity index is 666. The molecule has 0 aromatic heterocycles. The quantitative estimate of drug-likeness (QED) is 0.180. The second kappa shape index (κ2) is 8.32. The molecule has 0 spiro atoms. The lowest BCUT2D eigenvalue weighted by atomic mass is 10.0. The standard InChI is InChI=1S/C19H39N3O5Si2/c1-13-14(26-28(9,10)17(2,3)4)15(27-29(11,12)18(5,6)7)19(25-13,21-22-20)16(23)24-8/h13-15H,1-12H3/t13-,14-,15+,19+/m0/s1. The molecule has 0 unspecified atom stereocenters. The van der Waals surface area contributed by atoms with Gasteiger partial charge in [-0.05, 0) is 53.8 Å². The van der Waals surface area contributed by atoms with Gasteiger partial charge in [-0.3, -0.25) is 0 Å². The van der Waals surface area contributed by atoms with Crippen molar-refractivity contribution in [2.45, 2.75) is 109 Å². The van der Waals surface area contributed by atoms with E-state index < -0.39 is 46.6 Å². The third-order valence-corrected chi connectivity index (χ3v) is 15.6. The van der Waals surface area contributed by atoms with Crippen LogP contribution >= 0.6 is 0 Å². The Hall–Kier alpha value is -0.906. The van der Waals surface area contributed by atoms with Crippen molar-refractivity contribution in [1.29, 1.82) is 0 Å². The molecule has 29 heavy (non-hydrogen) atoms. The lowest BCUT2D eigenvalue weighted by Gasteiger charge is -2.44. The van der Waals surface area contributed by atoms with Gasteiger partial charge in [0.2, 0.25) is 0 Å². The fourth-order valence-corrected chi connectivity index (χ4v) is 5.33. The molecule has 0 aromatic rings. The monoisotopic (exact) mass is 445 g/mol. The first-order chi connectivity index (χ1) is 12.9. The zero-order valence-corrected chi connectivity index (χ0v) is 22.1. The molecule has 1 aliphatic rings. The Balaban J connectivity index is 3.58. The third kappa shape index (κ3) is 5.06. The number of azide groups is 1. The van der Waals surface area contributed by atoms with Crippen molar-refractivity contribution in [2.75, 3.05) is 7.11 Å². The van der Waals surface area contributed by atoms with Crippen LogP contribution in [0.5, 0.6) is 0 Å². The molecule has 4 atom stereocenters. The number of ether oxygens (including phenoxy) is 2. The fourth-order valence-electron chi connectivity index (χ4n) is 2.70. The Morgan fingerprint density at radius 2 is 1.48 bits per heavy atom. The summed E-state index contributed by atoms with van der Waals surface area (Å²) in [5.74, 6) is -0.771. The topological polar surface area (TPSA) is 103 Å². The molecule has 1 rings (SSSR count).